The largest absolute Gasteiger partial charge is 0.492 e. The molecule has 3 rings (SSSR count). The number of halogens is 1. The van der Waals surface area contributed by atoms with Gasteiger partial charge in [0.2, 0.25) is 5.91 Å². The minimum atomic E-state index is -0.233. The van der Waals surface area contributed by atoms with Crippen LogP contribution in [-0.4, -0.2) is 36.5 Å². The molecule has 0 spiro atoms. The summed E-state index contributed by atoms with van der Waals surface area (Å²) in [7, 11) is 0. The number of benzene rings is 2. The highest BCUT2D eigenvalue weighted by Crippen LogP contribution is 2.26. The van der Waals surface area contributed by atoms with Crippen LogP contribution in [0, 0.1) is 0 Å². The lowest BCUT2D eigenvalue weighted by Gasteiger charge is -2.24. The lowest BCUT2D eigenvalue weighted by Crippen LogP contribution is -2.35. The number of likely N-dealkylation sites (tertiary alicyclic amines) is 1. The van der Waals surface area contributed by atoms with Gasteiger partial charge in [-0.3, -0.25) is 9.69 Å². The van der Waals surface area contributed by atoms with Crippen LogP contribution in [0.15, 0.2) is 48.5 Å². The molecule has 2 aromatic rings. The summed E-state index contributed by atoms with van der Waals surface area (Å²) in [5.74, 6) is 2.08. The van der Waals surface area contributed by atoms with Gasteiger partial charge >= 0.3 is 0 Å². The van der Waals surface area contributed by atoms with Crippen molar-refractivity contribution in [2.45, 2.75) is 31.7 Å². The fourth-order valence-corrected chi connectivity index (χ4v) is 3.40. The van der Waals surface area contributed by atoms with Crippen molar-refractivity contribution in [3.05, 3.63) is 53.6 Å². The van der Waals surface area contributed by atoms with E-state index in [1.807, 2.05) is 36.4 Å². The lowest BCUT2D eigenvalue weighted by molar-refractivity contribution is -0.118. The maximum Gasteiger partial charge on any atom is 0.217 e. The molecular formula is C21H25ClN2O3. The van der Waals surface area contributed by atoms with E-state index in [-0.39, 0.29) is 5.91 Å². The topological polar surface area (TPSA) is 64.8 Å². The molecule has 2 N–H and O–H groups in total. The maximum atomic E-state index is 10.9. The van der Waals surface area contributed by atoms with E-state index >= 15 is 0 Å². The van der Waals surface area contributed by atoms with Crippen molar-refractivity contribution >= 4 is 17.5 Å². The summed E-state index contributed by atoms with van der Waals surface area (Å²) >= 11 is 5.88. The number of hydrogen-bond acceptors (Lipinski definition) is 4. The van der Waals surface area contributed by atoms with Crippen molar-refractivity contribution in [2.24, 2.45) is 5.73 Å². The summed E-state index contributed by atoms with van der Waals surface area (Å²) < 4.78 is 11.7. The van der Waals surface area contributed by atoms with Gasteiger partial charge in [-0.15, -0.1) is 0 Å². The van der Waals surface area contributed by atoms with Gasteiger partial charge < -0.3 is 15.2 Å². The number of primary amides is 1. The molecule has 0 bridgehead atoms. The Bertz CT molecular complexity index is 734. The fourth-order valence-electron chi connectivity index (χ4n) is 3.27. The molecule has 2 aromatic carbocycles. The average Bonchev–Trinajstić information content (AvgIpc) is 3.10. The summed E-state index contributed by atoms with van der Waals surface area (Å²) in [6.07, 6.45) is 3.54. The molecule has 5 nitrogen and oxygen atoms in total. The monoisotopic (exact) mass is 388 g/mol. The van der Waals surface area contributed by atoms with E-state index in [0.717, 1.165) is 43.2 Å². The first-order valence-corrected chi connectivity index (χ1v) is 9.66. The molecular weight excluding hydrogens is 364 g/mol. The van der Waals surface area contributed by atoms with Gasteiger partial charge in [-0.2, -0.15) is 0 Å². The minimum Gasteiger partial charge on any atom is -0.492 e. The van der Waals surface area contributed by atoms with Gasteiger partial charge in [0.05, 0.1) is 0 Å². The van der Waals surface area contributed by atoms with Crippen LogP contribution >= 0.6 is 11.6 Å². The molecule has 1 aliphatic heterocycles. The first-order valence-electron chi connectivity index (χ1n) is 9.29. The molecule has 1 heterocycles. The highest BCUT2D eigenvalue weighted by atomic mass is 35.5. The fraction of sp³-hybridized carbons (Fsp3) is 0.381. The third kappa shape index (κ3) is 6.15. The molecule has 6 heteroatoms. The minimum absolute atomic E-state index is 0.233. The number of nitrogens with zero attached hydrogens (tertiary/aromatic N) is 1. The van der Waals surface area contributed by atoms with Gasteiger partial charge in [-0.25, -0.2) is 0 Å². The van der Waals surface area contributed by atoms with E-state index in [2.05, 4.69) is 4.90 Å². The zero-order valence-corrected chi connectivity index (χ0v) is 16.0. The van der Waals surface area contributed by atoms with Crippen LogP contribution in [0.2, 0.25) is 5.02 Å². The summed E-state index contributed by atoms with van der Waals surface area (Å²) in [6.45, 7) is 2.60. The molecule has 27 heavy (non-hydrogen) atoms. The van der Waals surface area contributed by atoms with E-state index in [4.69, 9.17) is 26.8 Å². The van der Waals surface area contributed by atoms with Crippen molar-refractivity contribution in [1.82, 2.24) is 4.90 Å². The van der Waals surface area contributed by atoms with E-state index in [1.165, 1.54) is 6.42 Å². The summed E-state index contributed by atoms with van der Waals surface area (Å²) in [5, 5.41) is 0.682. The zero-order chi connectivity index (χ0) is 19.1. The third-order valence-corrected chi connectivity index (χ3v) is 4.94. The van der Waals surface area contributed by atoms with Crippen molar-refractivity contribution < 1.29 is 14.3 Å². The first-order chi connectivity index (χ1) is 13.1. The molecule has 1 aliphatic rings. The molecule has 0 unspecified atom stereocenters. The molecule has 1 fully saturated rings. The Morgan fingerprint density at radius 1 is 1.07 bits per heavy atom. The second kappa shape index (κ2) is 9.62. The van der Waals surface area contributed by atoms with Crippen LogP contribution in [0.1, 0.15) is 25.7 Å². The maximum absolute atomic E-state index is 10.9. The standard InChI is InChI=1S/C21H25ClN2O3/c22-16-5-7-19(8-6-16)27-20-11-9-18(10-12-20)26-15-17-3-1-13-24(17)14-2-4-21(23)25/h5-12,17H,1-4,13-15H2,(H2,23,25)/t17-/m1/s1. The lowest BCUT2D eigenvalue weighted by atomic mass is 10.2. The van der Waals surface area contributed by atoms with Crippen molar-refractivity contribution in [3.8, 4) is 17.2 Å². The van der Waals surface area contributed by atoms with E-state index in [0.29, 0.717) is 24.1 Å². The van der Waals surface area contributed by atoms with Crippen LogP contribution in [0.25, 0.3) is 0 Å². The van der Waals surface area contributed by atoms with Crippen LogP contribution in [-0.2, 0) is 4.79 Å². The number of ether oxygens (including phenoxy) is 2. The summed E-state index contributed by atoms with van der Waals surface area (Å²) in [5.41, 5.74) is 5.22. The Labute approximate surface area is 165 Å². The smallest absolute Gasteiger partial charge is 0.217 e. The number of carbonyl (C=O) groups is 1. The Hall–Kier alpha value is -2.24. The number of rotatable bonds is 9. The molecule has 1 amide bonds. The van der Waals surface area contributed by atoms with Gasteiger partial charge in [-0.05, 0) is 80.9 Å². The number of carbonyl (C=O) groups excluding carboxylic acids is 1. The van der Waals surface area contributed by atoms with Crippen LogP contribution in [0.5, 0.6) is 17.2 Å². The Kier molecular flexibility index (Phi) is 6.96. The number of nitrogens with two attached hydrogens (primary N) is 1. The van der Waals surface area contributed by atoms with E-state index in [1.54, 1.807) is 12.1 Å². The van der Waals surface area contributed by atoms with Crippen molar-refractivity contribution in [2.75, 3.05) is 19.7 Å². The second-order valence-electron chi connectivity index (χ2n) is 6.74. The third-order valence-electron chi connectivity index (χ3n) is 4.68. The number of amides is 1. The Morgan fingerprint density at radius 3 is 2.37 bits per heavy atom. The number of hydrogen-bond donors (Lipinski definition) is 1. The van der Waals surface area contributed by atoms with Crippen LogP contribution < -0.4 is 15.2 Å². The average molecular weight is 389 g/mol. The summed E-state index contributed by atoms with van der Waals surface area (Å²) in [4.78, 5) is 13.3. The molecule has 144 valence electrons. The van der Waals surface area contributed by atoms with Gasteiger partial charge in [0.15, 0.2) is 0 Å². The van der Waals surface area contributed by atoms with Crippen LogP contribution in [0.4, 0.5) is 0 Å². The van der Waals surface area contributed by atoms with Gasteiger partial charge in [0.25, 0.3) is 0 Å². The Balaban J connectivity index is 1.46. The van der Waals surface area contributed by atoms with Crippen molar-refractivity contribution in [1.29, 1.82) is 0 Å². The van der Waals surface area contributed by atoms with E-state index < -0.39 is 0 Å². The summed E-state index contributed by atoms with van der Waals surface area (Å²) in [6, 6.07) is 15.3. The second-order valence-corrected chi connectivity index (χ2v) is 7.18. The quantitative estimate of drug-likeness (QED) is 0.697. The predicted octanol–water partition coefficient (Wildman–Crippen LogP) is 4.24. The van der Waals surface area contributed by atoms with Gasteiger partial charge in [0, 0.05) is 17.5 Å². The van der Waals surface area contributed by atoms with Gasteiger partial charge in [0.1, 0.15) is 23.9 Å². The molecule has 0 aliphatic carbocycles. The molecule has 0 radical (unpaired) electrons. The Morgan fingerprint density at radius 2 is 1.70 bits per heavy atom. The van der Waals surface area contributed by atoms with Gasteiger partial charge in [-0.1, -0.05) is 11.6 Å². The normalized spacial score (nSPS) is 17.0. The zero-order valence-electron chi connectivity index (χ0n) is 15.3. The van der Waals surface area contributed by atoms with Crippen molar-refractivity contribution in [3.63, 3.8) is 0 Å². The molecule has 0 saturated carbocycles. The molecule has 1 saturated heterocycles. The van der Waals surface area contributed by atoms with E-state index in [9.17, 15) is 4.79 Å². The highest BCUT2D eigenvalue weighted by Gasteiger charge is 2.24. The van der Waals surface area contributed by atoms with Crippen LogP contribution in [0.3, 0.4) is 0 Å². The SMILES string of the molecule is NC(=O)CCCN1CCC[C@@H]1COc1ccc(Oc2ccc(Cl)cc2)cc1. The highest BCUT2D eigenvalue weighted by molar-refractivity contribution is 6.30. The predicted molar refractivity (Wildman–Crippen MR) is 106 cm³/mol. The molecule has 0 aromatic heterocycles. The molecule has 1 atom stereocenters. The first kappa shape index (κ1) is 19.5.